The summed E-state index contributed by atoms with van der Waals surface area (Å²) in [5.41, 5.74) is 2.48. The van der Waals surface area contributed by atoms with Crippen molar-refractivity contribution in [2.75, 3.05) is 23.3 Å². The van der Waals surface area contributed by atoms with Crippen LogP contribution in [0.3, 0.4) is 0 Å². The number of aromatic nitrogens is 2. The number of benzene rings is 1. The first-order valence-electron chi connectivity index (χ1n) is 7.89. The summed E-state index contributed by atoms with van der Waals surface area (Å²) in [6.45, 7) is 6.62. The fourth-order valence-electron chi connectivity index (χ4n) is 2.85. The van der Waals surface area contributed by atoms with Crippen LogP contribution in [0.15, 0.2) is 36.7 Å². The van der Waals surface area contributed by atoms with Crippen LogP contribution in [0.2, 0.25) is 0 Å². The molecule has 0 saturated carbocycles. The highest BCUT2D eigenvalue weighted by Crippen LogP contribution is 2.22. The van der Waals surface area contributed by atoms with E-state index >= 15 is 0 Å². The summed E-state index contributed by atoms with van der Waals surface area (Å²) < 4.78 is 2.10. The summed E-state index contributed by atoms with van der Waals surface area (Å²) in [4.78, 5) is 6.87. The lowest BCUT2D eigenvalue weighted by Crippen LogP contribution is -2.29. The van der Waals surface area contributed by atoms with Gasteiger partial charge in [0.05, 0.1) is 0 Å². The fraction of sp³-hybridized carbons (Fsp3) is 0.471. The molecule has 1 aromatic heterocycles. The van der Waals surface area contributed by atoms with Gasteiger partial charge in [-0.2, -0.15) is 0 Å². The number of imidazole rings is 1. The van der Waals surface area contributed by atoms with Gasteiger partial charge in [0.1, 0.15) is 0 Å². The molecule has 21 heavy (non-hydrogen) atoms. The van der Waals surface area contributed by atoms with Crippen LogP contribution in [-0.2, 0) is 0 Å². The van der Waals surface area contributed by atoms with E-state index in [4.69, 9.17) is 0 Å². The molecule has 0 radical (unpaired) electrons. The van der Waals surface area contributed by atoms with Crippen molar-refractivity contribution in [3.63, 3.8) is 0 Å². The molecule has 0 amide bonds. The molecule has 3 rings (SSSR count). The van der Waals surface area contributed by atoms with Crippen LogP contribution in [0.4, 0.5) is 11.6 Å². The second kappa shape index (κ2) is 6.20. The monoisotopic (exact) mass is 284 g/mol. The van der Waals surface area contributed by atoms with E-state index in [-0.39, 0.29) is 0 Å². The van der Waals surface area contributed by atoms with Gasteiger partial charge in [-0.25, -0.2) is 4.98 Å². The van der Waals surface area contributed by atoms with E-state index in [0.717, 1.165) is 11.6 Å². The summed E-state index contributed by atoms with van der Waals surface area (Å²) in [5.74, 6) is 0.899. The summed E-state index contributed by atoms with van der Waals surface area (Å²) in [7, 11) is 0. The molecule has 0 spiro atoms. The molecule has 1 N–H and O–H groups in total. The fourth-order valence-corrected chi connectivity index (χ4v) is 2.85. The van der Waals surface area contributed by atoms with Crippen LogP contribution in [-0.4, -0.2) is 28.7 Å². The Balaban J connectivity index is 1.79. The maximum Gasteiger partial charge on any atom is 0.207 e. The number of nitrogens with zero attached hydrogens (tertiary/aromatic N) is 3. The van der Waals surface area contributed by atoms with E-state index in [1.807, 2.05) is 12.4 Å². The van der Waals surface area contributed by atoms with Gasteiger partial charge in [0, 0.05) is 42.9 Å². The van der Waals surface area contributed by atoms with E-state index in [1.165, 1.54) is 38.0 Å². The lowest BCUT2D eigenvalue weighted by Gasteiger charge is -2.29. The van der Waals surface area contributed by atoms with Gasteiger partial charge in [0.15, 0.2) is 0 Å². The average molecular weight is 284 g/mol. The minimum Gasteiger partial charge on any atom is -0.372 e. The predicted molar refractivity (Wildman–Crippen MR) is 88.4 cm³/mol. The Kier molecular flexibility index (Phi) is 4.13. The van der Waals surface area contributed by atoms with Gasteiger partial charge in [-0.3, -0.25) is 4.57 Å². The number of hydrogen-bond donors (Lipinski definition) is 1. The van der Waals surface area contributed by atoms with Crippen LogP contribution >= 0.6 is 0 Å². The molecule has 1 fully saturated rings. The highest BCUT2D eigenvalue weighted by atomic mass is 15.2. The second-order valence-electron chi connectivity index (χ2n) is 5.98. The predicted octanol–water partition coefficient (Wildman–Crippen LogP) is 3.68. The lowest BCUT2D eigenvalue weighted by molar-refractivity contribution is 0.578. The average Bonchev–Trinajstić information content (AvgIpc) is 2.96. The maximum atomic E-state index is 4.39. The summed E-state index contributed by atoms with van der Waals surface area (Å²) in [6, 6.07) is 9.17. The summed E-state index contributed by atoms with van der Waals surface area (Å²) in [6.07, 6.45) is 7.83. The zero-order valence-electron chi connectivity index (χ0n) is 12.9. The number of hydrogen-bond acceptors (Lipinski definition) is 3. The Bertz CT molecular complexity index is 565. The molecular weight excluding hydrogens is 260 g/mol. The van der Waals surface area contributed by atoms with Gasteiger partial charge in [0.25, 0.3) is 0 Å². The van der Waals surface area contributed by atoms with E-state index in [1.54, 1.807) is 0 Å². The number of piperidine rings is 1. The largest absolute Gasteiger partial charge is 0.372 e. The van der Waals surface area contributed by atoms with E-state index in [0.29, 0.717) is 6.04 Å². The Labute approximate surface area is 126 Å². The van der Waals surface area contributed by atoms with Gasteiger partial charge >= 0.3 is 0 Å². The third kappa shape index (κ3) is 3.20. The zero-order chi connectivity index (χ0) is 14.7. The topological polar surface area (TPSA) is 33.1 Å². The van der Waals surface area contributed by atoms with Crippen molar-refractivity contribution < 1.29 is 0 Å². The first-order valence-corrected chi connectivity index (χ1v) is 7.89. The maximum absolute atomic E-state index is 4.39. The third-order valence-electron chi connectivity index (χ3n) is 3.91. The van der Waals surface area contributed by atoms with Gasteiger partial charge in [-0.1, -0.05) is 0 Å². The highest BCUT2D eigenvalue weighted by Gasteiger charge is 2.11. The van der Waals surface area contributed by atoms with Crippen molar-refractivity contribution in [3.05, 3.63) is 36.7 Å². The molecule has 0 unspecified atom stereocenters. The summed E-state index contributed by atoms with van der Waals surface area (Å²) >= 11 is 0. The normalized spacial score (nSPS) is 15.5. The molecule has 4 heteroatoms. The molecule has 0 bridgehead atoms. The smallest absolute Gasteiger partial charge is 0.207 e. The molecule has 1 saturated heterocycles. The van der Waals surface area contributed by atoms with Crippen molar-refractivity contribution >= 4 is 11.6 Å². The van der Waals surface area contributed by atoms with Crippen LogP contribution in [0.25, 0.3) is 5.69 Å². The lowest BCUT2D eigenvalue weighted by atomic mass is 10.1. The molecule has 0 aliphatic carbocycles. The highest BCUT2D eigenvalue weighted by molar-refractivity contribution is 5.53. The van der Waals surface area contributed by atoms with Crippen molar-refractivity contribution in [1.29, 1.82) is 0 Å². The number of anilines is 2. The van der Waals surface area contributed by atoms with Gasteiger partial charge in [0.2, 0.25) is 5.95 Å². The third-order valence-corrected chi connectivity index (χ3v) is 3.91. The van der Waals surface area contributed by atoms with Gasteiger partial charge < -0.3 is 10.2 Å². The van der Waals surface area contributed by atoms with E-state index in [9.17, 15) is 0 Å². The van der Waals surface area contributed by atoms with Crippen molar-refractivity contribution in [2.24, 2.45) is 0 Å². The summed E-state index contributed by atoms with van der Waals surface area (Å²) in [5, 5.41) is 3.37. The second-order valence-corrected chi connectivity index (χ2v) is 5.98. The van der Waals surface area contributed by atoms with Gasteiger partial charge in [-0.05, 0) is 57.4 Å². The van der Waals surface area contributed by atoms with Crippen molar-refractivity contribution in [2.45, 2.75) is 39.2 Å². The SMILES string of the molecule is CC(C)Nc1nccn1-c1ccc(N2CCCCC2)cc1. The molecule has 1 aliphatic heterocycles. The van der Waals surface area contributed by atoms with Crippen molar-refractivity contribution in [1.82, 2.24) is 9.55 Å². The minimum atomic E-state index is 0.374. The Morgan fingerprint density at radius 2 is 1.67 bits per heavy atom. The first-order chi connectivity index (χ1) is 10.2. The van der Waals surface area contributed by atoms with Crippen LogP contribution < -0.4 is 10.2 Å². The molecule has 112 valence electrons. The van der Waals surface area contributed by atoms with Crippen molar-refractivity contribution in [3.8, 4) is 5.69 Å². The molecule has 0 atom stereocenters. The van der Waals surface area contributed by atoms with Gasteiger partial charge in [-0.15, -0.1) is 0 Å². The first kappa shape index (κ1) is 14.0. The molecule has 1 aliphatic rings. The standard InChI is InChI=1S/C17H24N4/c1-14(2)19-17-18-10-13-21(17)16-8-6-15(7-9-16)20-11-4-3-5-12-20/h6-10,13-14H,3-5,11-12H2,1-2H3,(H,18,19). The molecule has 2 aromatic rings. The van der Waals surface area contributed by atoms with E-state index < -0.39 is 0 Å². The van der Waals surface area contributed by atoms with Crippen LogP contribution in [0.1, 0.15) is 33.1 Å². The minimum absolute atomic E-state index is 0.374. The van der Waals surface area contributed by atoms with Crippen LogP contribution in [0.5, 0.6) is 0 Å². The van der Waals surface area contributed by atoms with Crippen LogP contribution in [0, 0.1) is 0 Å². The van der Waals surface area contributed by atoms with E-state index in [2.05, 4.69) is 57.9 Å². The zero-order valence-corrected chi connectivity index (χ0v) is 12.9. The molecular formula is C17H24N4. The number of rotatable bonds is 4. The Morgan fingerprint density at radius 3 is 2.33 bits per heavy atom. The molecule has 4 nitrogen and oxygen atoms in total. The molecule has 1 aromatic carbocycles. The molecule has 2 heterocycles. The quantitative estimate of drug-likeness (QED) is 0.929. The number of nitrogens with one attached hydrogen (secondary N) is 1. The Morgan fingerprint density at radius 1 is 1.00 bits per heavy atom. The Hall–Kier alpha value is -1.97.